The van der Waals surface area contributed by atoms with E-state index in [1.54, 1.807) is 0 Å². The first kappa shape index (κ1) is 33.6. The Morgan fingerprint density at radius 3 is 2.41 bits per heavy atom. The molecule has 6 N–H and O–H groups in total. The molecule has 1 aliphatic rings. The summed E-state index contributed by atoms with van der Waals surface area (Å²) in [6.07, 6.45) is 1.93. The molecule has 2 aromatic carbocycles. The van der Waals surface area contributed by atoms with Crippen molar-refractivity contribution in [3.63, 3.8) is 0 Å². The van der Waals surface area contributed by atoms with Crippen LogP contribution in [0.4, 0.5) is 17.6 Å². The molecule has 10 nitrogen and oxygen atoms in total. The average Bonchev–Trinajstić information content (AvgIpc) is 3.61. The van der Waals surface area contributed by atoms with Crippen LogP contribution in [0.3, 0.4) is 0 Å². The van der Waals surface area contributed by atoms with E-state index in [9.17, 15) is 27.2 Å². The molecule has 0 bridgehead atoms. The molecule has 4 rings (SSSR count). The quantitative estimate of drug-likeness (QED) is 0.106. The van der Waals surface area contributed by atoms with E-state index >= 15 is 0 Å². The van der Waals surface area contributed by atoms with E-state index in [-0.39, 0.29) is 64.8 Å². The van der Waals surface area contributed by atoms with E-state index in [1.165, 1.54) is 25.1 Å². The highest BCUT2D eigenvalue weighted by molar-refractivity contribution is 5.97. The number of halogens is 6. The van der Waals surface area contributed by atoms with E-state index < -0.39 is 42.1 Å². The number of hydrogen-bond donors (Lipinski definition) is 4. The monoisotopic (exact) mass is 623 g/mol. The predicted octanol–water partition coefficient (Wildman–Crippen LogP) is 4.33. The number of ether oxygens (including phenoxy) is 2. The summed E-state index contributed by atoms with van der Waals surface area (Å²) in [5, 5.41) is 2.30. The number of hydrazine groups is 1. The van der Waals surface area contributed by atoms with Gasteiger partial charge in [0.1, 0.15) is 17.7 Å². The lowest BCUT2D eigenvalue weighted by atomic mass is 10.0. The fraction of sp³-hybridized carbons (Fsp3) is 0.320. The van der Waals surface area contributed by atoms with Crippen molar-refractivity contribution >= 4 is 36.6 Å². The van der Waals surface area contributed by atoms with Gasteiger partial charge in [-0.05, 0) is 49.9 Å². The molecule has 1 heterocycles. The van der Waals surface area contributed by atoms with Gasteiger partial charge in [-0.25, -0.2) is 19.6 Å². The highest BCUT2D eigenvalue weighted by Crippen LogP contribution is 2.37. The molecule has 0 radical (unpaired) electrons. The van der Waals surface area contributed by atoms with Crippen molar-refractivity contribution in [2.24, 2.45) is 17.5 Å². The third-order valence-electron chi connectivity index (χ3n) is 5.81. The lowest BCUT2D eigenvalue weighted by Gasteiger charge is -2.18. The first-order chi connectivity index (χ1) is 18.6. The molecule has 41 heavy (non-hydrogen) atoms. The molecule has 1 aliphatic carbocycles. The van der Waals surface area contributed by atoms with Crippen LogP contribution in [0.25, 0.3) is 11.5 Å². The first-order valence-corrected chi connectivity index (χ1v) is 11.8. The van der Waals surface area contributed by atoms with E-state index in [0.29, 0.717) is 18.6 Å². The predicted molar refractivity (Wildman–Crippen MR) is 143 cm³/mol. The van der Waals surface area contributed by atoms with Crippen molar-refractivity contribution in [1.29, 1.82) is 0 Å². The van der Waals surface area contributed by atoms with Gasteiger partial charge in [0.25, 0.3) is 11.8 Å². The third kappa shape index (κ3) is 8.22. The van der Waals surface area contributed by atoms with Gasteiger partial charge in [-0.2, -0.15) is 8.78 Å². The summed E-state index contributed by atoms with van der Waals surface area (Å²) < 4.78 is 69.5. The SMILES string of the molecule is C[C@H](N)c1oc(-c2ccc(OC(F)F)c(OCC3CC3)c2)nc1C(=O)NC(C(=O)NN)c1ccc(F)cc1F.Cl.Cl. The normalized spacial score (nSPS) is 13.9. The van der Waals surface area contributed by atoms with Crippen LogP contribution in [0.15, 0.2) is 40.8 Å². The zero-order valence-electron chi connectivity index (χ0n) is 21.4. The molecule has 1 saturated carbocycles. The van der Waals surface area contributed by atoms with Crippen LogP contribution in [0, 0.1) is 17.6 Å². The zero-order chi connectivity index (χ0) is 28.3. The molecule has 2 atom stereocenters. The summed E-state index contributed by atoms with van der Waals surface area (Å²) in [7, 11) is 0. The second-order valence-electron chi connectivity index (χ2n) is 8.90. The van der Waals surface area contributed by atoms with Gasteiger partial charge < -0.3 is 24.9 Å². The lowest BCUT2D eigenvalue weighted by molar-refractivity contribution is -0.123. The molecular formula is C25H27Cl2F4N5O5. The van der Waals surface area contributed by atoms with E-state index in [0.717, 1.165) is 25.0 Å². The van der Waals surface area contributed by atoms with Gasteiger partial charge >= 0.3 is 6.61 Å². The van der Waals surface area contributed by atoms with Gasteiger partial charge in [0, 0.05) is 17.2 Å². The summed E-state index contributed by atoms with van der Waals surface area (Å²) in [6, 6.07) is 3.92. The van der Waals surface area contributed by atoms with E-state index in [2.05, 4.69) is 15.0 Å². The smallest absolute Gasteiger partial charge is 0.387 e. The lowest BCUT2D eigenvalue weighted by Crippen LogP contribution is -2.43. The summed E-state index contributed by atoms with van der Waals surface area (Å²) in [5.41, 5.74) is 7.35. The summed E-state index contributed by atoms with van der Waals surface area (Å²) >= 11 is 0. The number of benzene rings is 2. The molecule has 0 saturated heterocycles. The molecule has 16 heteroatoms. The first-order valence-electron chi connectivity index (χ1n) is 11.8. The summed E-state index contributed by atoms with van der Waals surface area (Å²) in [4.78, 5) is 29.7. The van der Waals surface area contributed by atoms with Crippen molar-refractivity contribution in [3.05, 3.63) is 65.1 Å². The maximum absolute atomic E-state index is 14.4. The molecule has 3 aromatic rings. The Balaban J connectivity index is 0.00000294. The average molecular weight is 624 g/mol. The summed E-state index contributed by atoms with van der Waals surface area (Å²) in [5.74, 6) is 1.20. The molecule has 1 aromatic heterocycles. The maximum atomic E-state index is 14.4. The Bertz CT molecular complexity index is 1370. The number of aromatic nitrogens is 1. The van der Waals surface area contributed by atoms with Crippen LogP contribution in [-0.4, -0.2) is 30.0 Å². The standard InChI is InChI=1S/C25H25F4N5O5.2ClH/c1-11(30)21-20(22(35)32-19(23(36)34-31)15-6-5-14(26)9-16(15)27)33-24(39-21)13-4-7-17(38-25(28)29)18(8-13)37-10-12-2-3-12;;/h4-9,11-12,19,25H,2-3,10,30-31H2,1H3,(H,32,35)(H,34,36);2*1H/t11-,19?;;/m0../s1. The Hall–Kier alpha value is -3.59. The van der Waals surface area contributed by atoms with Gasteiger partial charge in [-0.3, -0.25) is 15.0 Å². The highest BCUT2D eigenvalue weighted by atomic mass is 35.5. The molecule has 1 fully saturated rings. The Morgan fingerprint density at radius 1 is 1.12 bits per heavy atom. The van der Waals surface area contributed by atoms with Crippen molar-refractivity contribution in [1.82, 2.24) is 15.7 Å². The number of nitrogens with zero attached hydrogens (tertiary/aromatic N) is 1. The minimum Gasteiger partial charge on any atom is -0.489 e. The number of nitrogens with one attached hydrogen (secondary N) is 2. The van der Waals surface area contributed by atoms with Crippen LogP contribution in [0.2, 0.25) is 0 Å². The maximum Gasteiger partial charge on any atom is 0.387 e. The van der Waals surface area contributed by atoms with Crippen LogP contribution < -0.4 is 31.8 Å². The molecular weight excluding hydrogens is 597 g/mol. The number of carbonyl (C=O) groups excluding carboxylic acids is 2. The van der Waals surface area contributed by atoms with Crippen molar-refractivity contribution in [2.75, 3.05) is 6.61 Å². The van der Waals surface area contributed by atoms with E-state index in [4.69, 9.17) is 20.7 Å². The zero-order valence-corrected chi connectivity index (χ0v) is 23.0. The van der Waals surface area contributed by atoms with Gasteiger partial charge in [-0.15, -0.1) is 24.8 Å². The molecule has 0 aliphatic heterocycles. The van der Waals surface area contributed by atoms with E-state index in [1.807, 2.05) is 5.43 Å². The Kier molecular flexibility index (Phi) is 11.8. The summed E-state index contributed by atoms with van der Waals surface area (Å²) in [6.45, 7) is -1.27. The minimum absolute atomic E-state index is 0. The number of alkyl halides is 2. The van der Waals surface area contributed by atoms with Crippen LogP contribution in [0.5, 0.6) is 11.5 Å². The largest absolute Gasteiger partial charge is 0.489 e. The van der Waals surface area contributed by atoms with Crippen LogP contribution >= 0.6 is 24.8 Å². The number of nitrogens with two attached hydrogens (primary N) is 2. The van der Waals surface area contributed by atoms with Crippen LogP contribution in [-0.2, 0) is 4.79 Å². The number of amides is 2. The molecule has 224 valence electrons. The minimum atomic E-state index is -3.08. The Labute approximate surface area is 243 Å². The number of carbonyl (C=O) groups is 2. The second kappa shape index (κ2) is 14.3. The number of rotatable bonds is 11. The van der Waals surface area contributed by atoms with Crippen LogP contribution in [0.1, 0.15) is 53.7 Å². The number of oxazole rings is 1. The topological polar surface area (TPSA) is 155 Å². The molecule has 2 amide bonds. The van der Waals surface area contributed by atoms with Gasteiger partial charge in [0.2, 0.25) is 5.89 Å². The van der Waals surface area contributed by atoms with Gasteiger partial charge in [0.15, 0.2) is 23.0 Å². The molecule has 0 spiro atoms. The highest BCUT2D eigenvalue weighted by Gasteiger charge is 2.30. The molecule has 1 unspecified atom stereocenters. The fourth-order valence-corrected chi connectivity index (χ4v) is 3.67. The number of hydrogen-bond acceptors (Lipinski definition) is 8. The fourth-order valence-electron chi connectivity index (χ4n) is 3.67. The van der Waals surface area contributed by atoms with Gasteiger partial charge in [0.05, 0.1) is 12.6 Å². The van der Waals surface area contributed by atoms with Crippen molar-refractivity contribution < 1.29 is 41.0 Å². The Morgan fingerprint density at radius 2 is 1.83 bits per heavy atom. The van der Waals surface area contributed by atoms with Crippen molar-refractivity contribution in [3.8, 4) is 23.0 Å². The van der Waals surface area contributed by atoms with Crippen molar-refractivity contribution in [2.45, 2.75) is 38.5 Å². The van der Waals surface area contributed by atoms with Gasteiger partial charge in [-0.1, -0.05) is 6.07 Å². The second-order valence-corrected chi connectivity index (χ2v) is 8.90. The third-order valence-corrected chi connectivity index (χ3v) is 5.81.